The maximum atomic E-state index is 13.0. The van der Waals surface area contributed by atoms with Gasteiger partial charge in [0.15, 0.2) is 5.96 Å². The zero-order chi connectivity index (χ0) is 18.7. The van der Waals surface area contributed by atoms with E-state index in [0.717, 1.165) is 37.6 Å². The number of hydrogen-bond acceptors (Lipinski definition) is 4. The van der Waals surface area contributed by atoms with Gasteiger partial charge in [-0.25, -0.2) is 14.4 Å². The first-order valence-corrected chi connectivity index (χ1v) is 8.83. The van der Waals surface area contributed by atoms with Crippen molar-refractivity contribution in [3.05, 3.63) is 47.9 Å². The Balaban J connectivity index is 0.00000261. The van der Waals surface area contributed by atoms with E-state index in [1.54, 1.807) is 18.3 Å². The lowest BCUT2D eigenvalue weighted by molar-refractivity contribution is 0.373. The first-order chi connectivity index (χ1) is 12.3. The Hall–Kier alpha value is -1.84. The van der Waals surface area contributed by atoms with E-state index in [1.807, 2.05) is 4.90 Å². The van der Waals surface area contributed by atoms with Crippen LogP contribution in [0.1, 0.15) is 32.4 Å². The number of aliphatic imine (C=N–C) groups is 1. The fourth-order valence-electron chi connectivity index (χ4n) is 2.82. The van der Waals surface area contributed by atoms with Gasteiger partial charge in [0.05, 0.1) is 6.20 Å². The third kappa shape index (κ3) is 5.57. The Morgan fingerprint density at radius 3 is 2.37 bits per heavy atom. The number of oxazole rings is 1. The molecular weight excluding hydrogens is 460 g/mol. The van der Waals surface area contributed by atoms with Gasteiger partial charge in [0.1, 0.15) is 18.1 Å². The molecule has 0 spiro atoms. The fourth-order valence-corrected chi connectivity index (χ4v) is 2.82. The van der Waals surface area contributed by atoms with E-state index in [1.165, 1.54) is 12.1 Å². The van der Waals surface area contributed by atoms with Crippen LogP contribution in [0.15, 0.2) is 39.9 Å². The van der Waals surface area contributed by atoms with Crippen LogP contribution in [-0.2, 0) is 12.0 Å². The minimum Gasteiger partial charge on any atom is -0.443 e. The van der Waals surface area contributed by atoms with Crippen molar-refractivity contribution in [3.8, 4) is 0 Å². The van der Waals surface area contributed by atoms with Gasteiger partial charge in [-0.1, -0.05) is 20.8 Å². The predicted octanol–water partition coefficient (Wildman–Crippen LogP) is 3.37. The van der Waals surface area contributed by atoms with Crippen molar-refractivity contribution in [3.63, 3.8) is 0 Å². The molecule has 0 amide bonds. The van der Waals surface area contributed by atoms with Crippen molar-refractivity contribution < 1.29 is 8.81 Å². The monoisotopic (exact) mass is 487 g/mol. The number of aromatic nitrogens is 1. The molecule has 2 heterocycles. The number of piperazine rings is 1. The topological polar surface area (TPSA) is 70.9 Å². The molecule has 1 aliphatic heterocycles. The van der Waals surface area contributed by atoms with Gasteiger partial charge in [-0.2, -0.15) is 0 Å². The Labute approximate surface area is 176 Å². The summed E-state index contributed by atoms with van der Waals surface area (Å²) in [5.74, 6) is 1.70. The second-order valence-electron chi connectivity index (χ2n) is 7.49. The fraction of sp³-hybridized carbons (Fsp3) is 0.474. The van der Waals surface area contributed by atoms with Crippen LogP contribution in [0.2, 0.25) is 0 Å². The first kappa shape index (κ1) is 21.5. The second kappa shape index (κ2) is 8.90. The quantitative estimate of drug-likeness (QED) is 0.409. The number of rotatable bonds is 3. The number of anilines is 1. The predicted molar refractivity (Wildman–Crippen MR) is 116 cm³/mol. The number of nitrogens with two attached hydrogens (primary N) is 1. The molecule has 148 valence electrons. The van der Waals surface area contributed by atoms with Gasteiger partial charge in [-0.15, -0.1) is 24.0 Å². The molecule has 0 bridgehead atoms. The van der Waals surface area contributed by atoms with Crippen LogP contribution in [0.5, 0.6) is 0 Å². The van der Waals surface area contributed by atoms with Crippen molar-refractivity contribution >= 4 is 35.6 Å². The zero-order valence-corrected chi connectivity index (χ0v) is 18.3. The van der Waals surface area contributed by atoms with Gasteiger partial charge < -0.3 is 20.0 Å². The standard InChI is InChI=1S/C19H26FN5O.HI/c1-19(2,3)16-12-22-17(26-16)13-23-18(21)25-10-8-24(9-11-25)15-6-4-14(20)5-7-15;/h4-7,12H,8-11,13H2,1-3H3,(H2,21,23);1H. The second-order valence-corrected chi connectivity index (χ2v) is 7.49. The SMILES string of the molecule is CC(C)(C)c1cnc(CN=C(N)N2CCN(c3ccc(F)cc3)CC2)o1.I. The number of nitrogens with zero attached hydrogens (tertiary/aromatic N) is 4. The largest absolute Gasteiger partial charge is 0.443 e. The molecule has 1 aromatic carbocycles. The maximum absolute atomic E-state index is 13.0. The number of benzene rings is 1. The van der Waals surface area contributed by atoms with E-state index < -0.39 is 0 Å². The smallest absolute Gasteiger partial charge is 0.216 e. The molecule has 1 aromatic heterocycles. The molecule has 2 aromatic rings. The molecule has 0 atom stereocenters. The number of guanidine groups is 1. The van der Waals surface area contributed by atoms with Gasteiger partial charge in [0, 0.05) is 37.3 Å². The number of halogens is 2. The molecule has 1 aliphatic rings. The zero-order valence-electron chi connectivity index (χ0n) is 16.0. The maximum Gasteiger partial charge on any atom is 0.216 e. The van der Waals surface area contributed by atoms with E-state index in [2.05, 4.69) is 35.6 Å². The Bertz CT molecular complexity index is 761. The molecule has 0 aliphatic carbocycles. The van der Waals surface area contributed by atoms with Gasteiger partial charge >= 0.3 is 0 Å². The van der Waals surface area contributed by atoms with E-state index in [-0.39, 0.29) is 35.2 Å². The van der Waals surface area contributed by atoms with Gasteiger partial charge in [0.2, 0.25) is 5.89 Å². The van der Waals surface area contributed by atoms with Crippen LogP contribution in [0.4, 0.5) is 10.1 Å². The molecule has 0 saturated carbocycles. The van der Waals surface area contributed by atoms with E-state index in [4.69, 9.17) is 10.2 Å². The third-order valence-electron chi connectivity index (χ3n) is 4.46. The average molecular weight is 487 g/mol. The summed E-state index contributed by atoms with van der Waals surface area (Å²) < 4.78 is 18.8. The van der Waals surface area contributed by atoms with Crippen LogP contribution < -0.4 is 10.6 Å². The Morgan fingerprint density at radius 2 is 1.81 bits per heavy atom. The summed E-state index contributed by atoms with van der Waals surface area (Å²) >= 11 is 0. The molecule has 1 fully saturated rings. The summed E-state index contributed by atoms with van der Waals surface area (Å²) in [6.45, 7) is 9.74. The first-order valence-electron chi connectivity index (χ1n) is 8.83. The lowest BCUT2D eigenvalue weighted by Gasteiger charge is -2.36. The lowest BCUT2D eigenvalue weighted by atomic mass is 9.94. The minimum atomic E-state index is -0.218. The molecule has 0 radical (unpaired) electrons. The summed E-state index contributed by atoms with van der Waals surface area (Å²) in [6, 6.07) is 6.58. The van der Waals surface area contributed by atoms with Crippen molar-refractivity contribution in [1.82, 2.24) is 9.88 Å². The van der Waals surface area contributed by atoms with Gasteiger partial charge in [-0.3, -0.25) is 0 Å². The third-order valence-corrected chi connectivity index (χ3v) is 4.46. The molecule has 1 saturated heterocycles. The van der Waals surface area contributed by atoms with Crippen LogP contribution in [0, 0.1) is 5.82 Å². The molecule has 0 unspecified atom stereocenters. The van der Waals surface area contributed by atoms with Crippen LogP contribution in [-0.4, -0.2) is 42.0 Å². The summed E-state index contributed by atoms with van der Waals surface area (Å²) in [6.07, 6.45) is 1.75. The van der Waals surface area contributed by atoms with Crippen molar-refractivity contribution in [2.24, 2.45) is 10.7 Å². The van der Waals surface area contributed by atoms with Crippen LogP contribution in [0.3, 0.4) is 0 Å². The Kier molecular flexibility index (Phi) is 7.07. The summed E-state index contributed by atoms with van der Waals surface area (Å²) in [4.78, 5) is 13.0. The Morgan fingerprint density at radius 1 is 1.19 bits per heavy atom. The van der Waals surface area contributed by atoms with Gasteiger partial charge in [0.25, 0.3) is 0 Å². The summed E-state index contributed by atoms with van der Waals surface area (Å²) in [5.41, 5.74) is 7.08. The van der Waals surface area contributed by atoms with E-state index in [0.29, 0.717) is 18.4 Å². The molecule has 6 nitrogen and oxygen atoms in total. The highest BCUT2D eigenvalue weighted by molar-refractivity contribution is 14.0. The average Bonchev–Trinajstić information content (AvgIpc) is 3.10. The van der Waals surface area contributed by atoms with Crippen LogP contribution >= 0.6 is 24.0 Å². The number of hydrogen-bond donors (Lipinski definition) is 1. The molecular formula is C19H27FIN5O. The van der Waals surface area contributed by atoms with E-state index in [9.17, 15) is 4.39 Å². The molecule has 8 heteroatoms. The van der Waals surface area contributed by atoms with Crippen LogP contribution in [0.25, 0.3) is 0 Å². The van der Waals surface area contributed by atoms with E-state index >= 15 is 0 Å². The molecule has 2 N–H and O–H groups in total. The highest BCUT2D eigenvalue weighted by Crippen LogP contribution is 2.23. The highest BCUT2D eigenvalue weighted by atomic mass is 127. The normalized spacial score (nSPS) is 15.6. The summed E-state index contributed by atoms with van der Waals surface area (Å²) in [7, 11) is 0. The molecule has 27 heavy (non-hydrogen) atoms. The van der Waals surface area contributed by atoms with Gasteiger partial charge in [-0.05, 0) is 24.3 Å². The summed E-state index contributed by atoms with van der Waals surface area (Å²) in [5, 5.41) is 0. The minimum absolute atomic E-state index is 0. The van der Waals surface area contributed by atoms with Crippen molar-refractivity contribution in [2.75, 3.05) is 31.1 Å². The highest BCUT2D eigenvalue weighted by Gasteiger charge is 2.20. The lowest BCUT2D eigenvalue weighted by Crippen LogP contribution is -2.51. The van der Waals surface area contributed by atoms with Crippen molar-refractivity contribution in [2.45, 2.75) is 32.7 Å². The van der Waals surface area contributed by atoms with Crippen molar-refractivity contribution in [1.29, 1.82) is 0 Å². The molecule has 3 rings (SSSR count).